The molecule has 0 radical (unpaired) electrons. The number of benzene rings is 1. The van der Waals surface area contributed by atoms with E-state index in [-0.39, 0.29) is 5.75 Å². The Bertz CT molecular complexity index is 303. The molecule has 14 heavy (non-hydrogen) atoms. The molecule has 1 rings (SSSR count). The van der Waals surface area contributed by atoms with Crippen LogP contribution in [0.4, 0.5) is 8.78 Å². The largest absolute Gasteiger partial charge is 0.434 e. The van der Waals surface area contributed by atoms with Crippen LogP contribution in [-0.2, 0) is 5.33 Å². The van der Waals surface area contributed by atoms with Crippen molar-refractivity contribution in [2.75, 3.05) is 0 Å². The van der Waals surface area contributed by atoms with E-state index >= 15 is 0 Å². The summed E-state index contributed by atoms with van der Waals surface area (Å²) in [5.41, 5.74) is 2.53. The van der Waals surface area contributed by atoms with Crippen LogP contribution in [0, 0.1) is 13.8 Å². The second kappa shape index (κ2) is 4.73. The monoisotopic (exact) mass is 264 g/mol. The number of halogens is 3. The topological polar surface area (TPSA) is 9.23 Å². The van der Waals surface area contributed by atoms with E-state index in [0.29, 0.717) is 5.33 Å². The van der Waals surface area contributed by atoms with Crippen LogP contribution in [-0.4, -0.2) is 6.61 Å². The minimum Gasteiger partial charge on any atom is -0.434 e. The minimum atomic E-state index is -2.76. The van der Waals surface area contributed by atoms with Crippen LogP contribution in [0.2, 0.25) is 0 Å². The van der Waals surface area contributed by atoms with Gasteiger partial charge in [-0.05, 0) is 30.5 Å². The smallest absolute Gasteiger partial charge is 0.387 e. The van der Waals surface area contributed by atoms with Crippen LogP contribution in [0.15, 0.2) is 12.1 Å². The Kier molecular flexibility index (Phi) is 3.86. The fraction of sp³-hybridized carbons (Fsp3) is 0.400. The molecule has 0 saturated heterocycles. The Labute approximate surface area is 90.2 Å². The third-order valence-corrected chi connectivity index (χ3v) is 2.53. The molecule has 78 valence electrons. The van der Waals surface area contributed by atoms with Gasteiger partial charge in [0.05, 0.1) is 0 Å². The normalized spacial score (nSPS) is 10.7. The lowest BCUT2D eigenvalue weighted by atomic mass is 10.1. The molecule has 0 amide bonds. The predicted molar refractivity (Wildman–Crippen MR) is 55.2 cm³/mol. The van der Waals surface area contributed by atoms with Crippen molar-refractivity contribution in [3.8, 4) is 5.75 Å². The second-order valence-corrected chi connectivity index (χ2v) is 3.63. The van der Waals surface area contributed by atoms with Gasteiger partial charge in [-0.25, -0.2) is 0 Å². The highest BCUT2D eigenvalue weighted by molar-refractivity contribution is 9.08. The maximum absolute atomic E-state index is 12.0. The van der Waals surface area contributed by atoms with Crippen LogP contribution < -0.4 is 4.74 Å². The average molecular weight is 265 g/mol. The van der Waals surface area contributed by atoms with E-state index in [1.54, 1.807) is 13.8 Å². The summed E-state index contributed by atoms with van der Waals surface area (Å²) in [6, 6.07) is 3.67. The predicted octanol–water partition coefficient (Wildman–Crippen LogP) is 3.80. The van der Waals surface area contributed by atoms with Gasteiger partial charge in [-0.2, -0.15) is 8.78 Å². The molecule has 1 nitrogen and oxygen atoms in total. The lowest BCUT2D eigenvalue weighted by Crippen LogP contribution is -2.05. The summed E-state index contributed by atoms with van der Waals surface area (Å²) < 4.78 is 28.5. The van der Waals surface area contributed by atoms with Gasteiger partial charge in [0, 0.05) is 5.33 Å². The van der Waals surface area contributed by atoms with Gasteiger partial charge in [-0.1, -0.05) is 28.1 Å². The zero-order chi connectivity index (χ0) is 10.7. The summed E-state index contributed by atoms with van der Waals surface area (Å²) in [7, 11) is 0. The third-order valence-electron chi connectivity index (χ3n) is 1.88. The van der Waals surface area contributed by atoms with Crippen molar-refractivity contribution >= 4 is 15.9 Å². The van der Waals surface area contributed by atoms with E-state index in [1.807, 2.05) is 12.1 Å². The summed E-state index contributed by atoms with van der Waals surface area (Å²) in [6.45, 7) is 0.760. The lowest BCUT2D eigenvalue weighted by molar-refractivity contribution is -0.0507. The zero-order valence-corrected chi connectivity index (χ0v) is 9.57. The van der Waals surface area contributed by atoms with Crippen LogP contribution >= 0.6 is 15.9 Å². The molecule has 0 N–H and O–H groups in total. The fourth-order valence-electron chi connectivity index (χ4n) is 1.39. The molecule has 0 atom stereocenters. The summed E-state index contributed by atoms with van der Waals surface area (Å²) in [4.78, 5) is 0. The number of hydrogen-bond acceptors (Lipinski definition) is 1. The molecule has 0 unspecified atom stereocenters. The van der Waals surface area contributed by atoms with E-state index in [0.717, 1.165) is 16.7 Å². The van der Waals surface area contributed by atoms with Crippen molar-refractivity contribution < 1.29 is 13.5 Å². The van der Waals surface area contributed by atoms with Gasteiger partial charge >= 0.3 is 6.61 Å². The molecular weight excluding hydrogens is 254 g/mol. The summed E-state index contributed by atoms with van der Waals surface area (Å²) in [6.07, 6.45) is 0. The van der Waals surface area contributed by atoms with E-state index in [4.69, 9.17) is 0 Å². The van der Waals surface area contributed by atoms with Gasteiger partial charge in [0.15, 0.2) is 0 Å². The first-order valence-corrected chi connectivity index (χ1v) is 5.27. The van der Waals surface area contributed by atoms with Crippen LogP contribution in [0.3, 0.4) is 0 Å². The highest BCUT2D eigenvalue weighted by atomic mass is 79.9. The SMILES string of the molecule is Cc1cc(CBr)cc(C)c1OC(F)F. The van der Waals surface area contributed by atoms with Gasteiger partial charge < -0.3 is 4.74 Å². The summed E-state index contributed by atoms with van der Waals surface area (Å²) in [5.74, 6) is 0.282. The first kappa shape index (κ1) is 11.4. The molecule has 1 aromatic rings. The highest BCUT2D eigenvalue weighted by Gasteiger charge is 2.10. The van der Waals surface area contributed by atoms with Gasteiger partial charge in [0.2, 0.25) is 0 Å². The molecule has 0 aliphatic heterocycles. The van der Waals surface area contributed by atoms with Crippen LogP contribution in [0.1, 0.15) is 16.7 Å². The summed E-state index contributed by atoms with van der Waals surface area (Å²) in [5, 5.41) is 0.712. The Morgan fingerprint density at radius 2 is 1.79 bits per heavy atom. The fourth-order valence-corrected chi connectivity index (χ4v) is 1.72. The molecule has 0 bridgehead atoms. The van der Waals surface area contributed by atoms with E-state index in [2.05, 4.69) is 20.7 Å². The Morgan fingerprint density at radius 3 is 2.14 bits per heavy atom. The van der Waals surface area contributed by atoms with Gasteiger partial charge in [0.1, 0.15) is 5.75 Å². The van der Waals surface area contributed by atoms with Crippen molar-refractivity contribution in [2.45, 2.75) is 25.8 Å². The molecule has 0 spiro atoms. The van der Waals surface area contributed by atoms with Gasteiger partial charge in [0.25, 0.3) is 0 Å². The van der Waals surface area contributed by atoms with Crippen molar-refractivity contribution in [1.29, 1.82) is 0 Å². The third kappa shape index (κ3) is 2.67. The molecule has 0 heterocycles. The van der Waals surface area contributed by atoms with Crippen molar-refractivity contribution in [1.82, 2.24) is 0 Å². The highest BCUT2D eigenvalue weighted by Crippen LogP contribution is 2.27. The Balaban J connectivity index is 3.05. The maximum Gasteiger partial charge on any atom is 0.387 e. The lowest BCUT2D eigenvalue weighted by Gasteiger charge is -2.12. The standard InChI is InChI=1S/C10H11BrF2O/c1-6-3-8(5-11)4-7(2)9(6)14-10(12)13/h3-4,10H,5H2,1-2H3. The summed E-state index contributed by atoms with van der Waals surface area (Å²) >= 11 is 3.31. The Morgan fingerprint density at radius 1 is 1.29 bits per heavy atom. The number of rotatable bonds is 3. The van der Waals surface area contributed by atoms with E-state index in [1.165, 1.54) is 0 Å². The molecule has 4 heteroatoms. The molecule has 0 aliphatic carbocycles. The van der Waals surface area contributed by atoms with E-state index in [9.17, 15) is 8.78 Å². The molecular formula is C10H11BrF2O. The quantitative estimate of drug-likeness (QED) is 0.755. The minimum absolute atomic E-state index is 0.282. The zero-order valence-electron chi connectivity index (χ0n) is 7.98. The first-order chi connectivity index (χ1) is 6.54. The van der Waals surface area contributed by atoms with E-state index < -0.39 is 6.61 Å². The first-order valence-electron chi connectivity index (χ1n) is 4.15. The van der Waals surface area contributed by atoms with Crippen LogP contribution in [0.5, 0.6) is 5.75 Å². The number of hydrogen-bond donors (Lipinski definition) is 0. The number of aryl methyl sites for hydroxylation is 2. The van der Waals surface area contributed by atoms with Crippen molar-refractivity contribution in [2.24, 2.45) is 0 Å². The molecule has 1 aromatic carbocycles. The number of alkyl halides is 3. The second-order valence-electron chi connectivity index (χ2n) is 3.07. The molecule has 0 fully saturated rings. The van der Waals surface area contributed by atoms with Crippen LogP contribution in [0.25, 0.3) is 0 Å². The molecule has 0 aliphatic rings. The van der Waals surface area contributed by atoms with Gasteiger partial charge in [-0.15, -0.1) is 0 Å². The maximum atomic E-state index is 12.0. The Hall–Kier alpha value is -0.640. The molecule has 0 aromatic heterocycles. The van der Waals surface area contributed by atoms with Crippen molar-refractivity contribution in [3.05, 3.63) is 28.8 Å². The average Bonchev–Trinajstić information content (AvgIpc) is 2.10. The van der Waals surface area contributed by atoms with Crippen molar-refractivity contribution in [3.63, 3.8) is 0 Å². The molecule has 0 saturated carbocycles. The van der Waals surface area contributed by atoms with Gasteiger partial charge in [-0.3, -0.25) is 0 Å². The number of ether oxygens (including phenoxy) is 1.